The average Bonchev–Trinajstić information content (AvgIpc) is 2.51. The Morgan fingerprint density at radius 1 is 1.36 bits per heavy atom. The summed E-state index contributed by atoms with van der Waals surface area (Å²) in [5, 5.41) is 10.8. The summed E-state index contributed by atoms with van der Waals surface area (Å²) in [4.78, 5) is 38.4. The third-order valence-electron chi connectivity index (χ3n) is 2.44. The Kier molecular flexibility index (Phi) is 4.65. The number of para-hydroxylation sites is 1. The number of anilines is 1. The fraction of sp³-hybridized carbons (Fsp3) is 0.0833. The molecular weight excluding hydrogens is 294 g/mol. The van der Waals surface area contributed by atoms with Crippen molar-refractivity contribution in [1.29, 1.82) is 0 Å². The number of rotatable bonds is 6. The molecule has 0 saturated heterocycles. The average molecular weight is 305 g/mol. The number of nitrogens with one attached hydrogen (secondary N) is 3. The van der Waals surface area contributed by atoms with Crippen molar-refractivity contribution in [3.05, 3.63) is 57.1 Å². The van der Waals surface area contributed by atoms with Gasteiger partial charge in [-0.3, -0.25) is 30.6 Å². The summed E-state index contributed by atoms with van der Waals surface area (Å²) in [5.41, 5.74) is 2.64. The van der Waals surface area contributed by atoms with Crippen LogP contribution in [0.2, 0.25) is 0 Å². The van der Waals surface area contributed by atoms with E-state index in [0.717, 1.165) is 6.33 Å². The van der Waals surface area contributed by atoms with Crippen LogP contribution in [0.4, 0.5) is 11.5 Å². The smallest absolute Gasteiger partial charge is 0.377 e. The minimum atomic E-state index is -0.933. The standard InChI is InChI=1S/C12H11N5O5/c18-9(6-22-8-4-2-1-3-5-8)15-16-11-10(17(20)21)12(19)14-7-13-11/h1-5,7H,6H2,(H,15,18)(H2,13,14,16,19). The highest BCUT2D eigenvalue weighted by molar-refractivity contribution is 5.79. The van der Waals surface area contributed by atoms with E-state index in [9.17, 15) is 19.7 Å². The maximum atomic E-state index is 11.6. The maximum absolute atomic E-state index is 11.6. The largest absolute Gasteiger partial charge is 0.484 e. The van der Waals surface area contributed by atoms with Crippen molar-refractivity contribution in [2.45, 2.75) is 0 Å². The molecule has 10 nitrogen and oxygen atoms in total. The van der Waals surface area contributed by atoms with Gasteiger partial charge in [0.1, 0.15) is 5.75 Å². The van der Waals surface area contributed by atoms with Crippen LogP contribution in [0, 0.1) is 10.1 Å². The lowest BCUT2D eigenvalue weighted by Gasteiger charge is -2.08. The Hall–Kier alpha value is -3.43. The third-order valence-corrected chi connectivity index (χ3v) is 2.44. The van der Waals surface area contributed by atoms with Gasteiger partial charge in [0.25, 0.3) is 5.91 Å². The van der Waals surface area contributed by atoms with Crippen LogP contribution in [-0.4, -0.2) is 27.4 Å². The van der Waals surface area contributed by atoms with Crippen molar-refractivity contribution in [3.8, 4) is 5.75 Å². The molecule has 1 heterocycles. The van der Waals surface area contributed by atoms with Crippen molar-refractivity contribution in [3.63, 3.8) is 0 Å². The molecule has 22 heavy (non-hydrogen) atoms. The van der Waals surface area contributed by atoms with E-state index in [2.05, 4.69) is 20.8 Å². The van der Waals surface area contributed by atoms with Crippen LogP contribution in [0.15, 0.2) is 41.5 Å². The monoisotopic (exact) mass is 305 g/mol. The number of aromatic amines is 1. The van der Waals surface area contributed by atoms with E-state index in [4.69, 9.17) is 4.74 Å². The number of nitrogens with zero attached hydrogens (tertiary/aromatic N) is 2. The lowest BCUT2D eigenvalue weighted by molar-refractivity contribution is -0.385. The summed E-state index contributed by atoms with van der Waals surface area (Å²) in [6.45, 7) is -0.312. The van der Waals surface area contributed by atoms with Crippen LogP contribution in [0.3, 0.4) is 0 Å². The lowest BCUT2D eigenvalue weighted by Crippen LogP contribution is -2.35. The van der Waals surface area contributed by atoms with Gasteiger partial charge in [-0.1, -0.05) is 18.2 Å². The molecule has 2 aromatic rings. The number of amides is 1. The Morgan fingerprint density at radius 2 is 2.09 bits per heavy atom. The van der Waals surface area contributed by atoms with Crippen molar-refractivity contribution in [2.75, 3.05) is 12.0 Å². The molecule has 0 aliphatic rings. The number of carbonyl (C=O) groups excluding carboxylic acids is 1. The first-order valence-corrected chi connectivity index (χ1v) is 6.02. The minimum Gasteiger partial charge on any atom is -0.484 e. The highest BCUT2D eigenvalue weighted by Crippen LogP contribution is 2.13. The molecule has 0 aliphatic heterocycles. The predicted molar refractivity (Wildman–Crippen MR) is 75.2 cm³/mol. The van der Waals surface area contributed by atoms with Crippen LogP contribution in [0.25, 0.3) is 0 Å². The molecular formula is C12H11N5O5. The molecule has 10 heteroatoms. The minimum absolute atomic E-state index is 0.312. The van der Waals surface area contributed by atoms with Gasteiger partial charge in [0.2, 0.25) is 5.82 Å². The van der Waals surface area contributed by atoms with Gasteiger partial charge in [0, 0.05) is 0 Å². The number of H-pyrrole nitrogens is 1. The maximum Gasteiger partial charge on any atom is 0.377 e. The summed E-state index contributed by atoms with van der Waals surface area (Å²) in [6, 6.07) is 8.63. The summed E-state index contributed by atoms with van der Waals surface area (Å²) in [7, 11) is 0. The highest BCUT2D eigenvalue weighted by Gasteiger charge is 2.20. The first-order chi connectivity index (χ1) is 10.6. The normalized spacial score (nSPS) is 9.82. The van der Waals surface area contributed by atoms with Crippen LogP contribution in [0.1, 0.15) is 0 Å². The molecule has 1 amide bonds. The third kappa shape index (κ3) is 3.79. The molecule has 1 aromatic carbocycles. The van der Waals surface area contributed by atoms with Crippen LogP contribution in [-0.2, 0) is 4.79 Å². The Bertz CT molecular complexity index is 730. The Morgan fingerprint density at radius 3 is 2.77 bits per heavy atom. The number of hydrogen-bond acceptors (Lipinski definition) is 7. The Balaban J connectivity index is 1.93. The zero-order valence-corrected chi connectivity index (χ0v) is 11.1. The predicted octanol–water partition coefficient (Wildman–Crippen LogP) is 0.200. The molecule has 1 aromatic heterocycles. The second kappa shape index (κ2) is 6.83. The molecule has 0 unspecified atom stereocenters. The molecule has 0 radical (unpaired) electrons. The van der Waals surface area contributed by atoms with E-state index in [-0.39, 0.29) is 12.4 Å². The van der Waals surface area contributed by atoms with E-state index in [1.807, 2.05) is 0 Å². The van der Waals surface area contributed by atoms with Gasteiger partial charge in [0.05, 0.1) is 11.3 Å². The van der Waals surface area contributed by atoms with Crippen molar-refractivity contribution >= 4 is 17.4 Å². The summed E-state index contributed by atoms with van der Waals surface area (Å²) < 4.78 is 5.18. The summed E-state index contributed by atoms with van der Waals surface area (Å²) >= 11 is 0. The van der Waals surface area contributed by atoms with E-state index in [1.165, 1.54) is 0 Å². The highest BCUT2D eigenvalue weighted by atomic mass is 16.6. The number of hydrogen-bond donors (Lipinski definition) is 3. The van der Waals surface area contributed by atoms with Crippen LogP contribution >= 0.6 is 0 Å². The molecule has 2 rings (SSSR count). The van der Waals surface area contributed by atoms with Gasteiger partial charge in [-0.05, 0) is 12.1 Å². The molecule has 0 spiro atoms. The van der Waals surface area contributed by atoms with E-state index in [1.54, 1.807) is 30.3 Å². The van der Waals surface area contributed by atoms with Crippen LogP contribution in [0.5, 0.6) is 5.75 Å². The second-order valence-corrected chi connectivity index (χ2v) is 3.96. The molecule has 0 fully saturated rings. The Labute approximate surface area is 123 Å². The second-order valence-electron chi connectivity index (χ2n) is 3.96. The molecule has 0 aliphatic carbocycles. The van der Waals surface area contributed by atoms with Crippen LogP contribution < -0.4 is 21.1 Å². The van der Waals surface area contributed by atoms with Gasteiger partial charge in [-0.15, -0.1) is 0 Å². The van der Waals surface area contributed by atoms with E-state index < -0.39 is 22.1 Å². The van der Waals surface area contributed by atoms with Gasteiger partial charge in [-0.2, -0.15) is 0 Å². The topological polar surface area (TPSA) is 139 Å². The lowest BCUT2D eigenvalue weighted by atomic mass is 10.3. The van der Waals surface area contributed by atoms with E-state index in [0.29, 0.717) is 5.75 Å². The summed E-state index contributed by atoms with van der Waals surface area (Å²) in [6.07, 6.45) is 0.976. The zero-order valence-electron chi connectivity index (χ0n) is 11.1. The fourth-order valence-corrected chi connectivity index (χ4v) is 1.48. The zero-order chi connectivity index (χ0) is 15.9. The van der Waals surface area contributed by atoms with Gasteiger partial charge in [-0.25, -0.2) is 4.98 Å². The first kappa shape index (κ1) is 15.0. The van der Waals surface area contributed by atoms with Crippen molar-refractivity contribution in [1.82, 2.24) is 15.4 Å². The van der Waals surface area contributed by atoms with Gasteiger partial charge < -0.3 is 9.72 Å². The number of hydrazine groups is 1. The molecule has 3 N–H and O–H groups in total. The SMILES string of the molecule is O=C(COc1ccccc1)NNc1nc[nH]c(=O)c1[N+](=O)[O-]. The summed E-state index contributed by atoms with van der Waals surface area (Å²) in [5.74, 6) is -0.472. The molecule has 0 bridgehead atoms. The first-order valence-electron chi connectivity index (χ1n) is 6.02. The fourth-order valence-electron chi connectivity index (χ4n) is 1.48. The molecule has 0 atom stereocenters. The molecule has 0 saturated carbocycles. The number of aromatic nitrogens is 2. The van der Waals surface area contributed by atoms with Gasteiger partial charge >= 0.3 is 11.2 Å². The molecule has 114 valence electrons. The number of benzene rings is 1. The number of nitro groups is 1. The van der Waals surface area contributed by atoms with Gasteiger partial charge in [0.15, 0.2) is 6.61 Å². The quantitative estimate of drug-likeness (QED) is 0.511. The van der Waals surface area contributed by atoms with Crippen molar-refractivity contribution < 1.29 is 14.5 Å². The van der Waals surface area contributed by atoms with Crippen molar-refractivity contribution in [2.24, 2.45) is 0 Å². The number of carbonyl (C=O) groups is 1. The number of ether oxygens (including phenoxy) is 1. The van der Waals surface area contributed by atoms with E-state index >= 15 is 0 Å².